The third-order valence-electron chi connectivity index (χ3n) is 4.10. The monoisotopic (exact) mass is 329 g/mol. The van der Waals surface area contributed by atoms with Crippen LogP contribution in [-0.2, 0) is 11.0 Å². The van der Waals surface area contributed by atoms with Gasteiger partial charge in [-0.05, 0) is 31.0 Å². The molecule has 0 aliphatic heterocycles. The number of alkyl halides is 3. The predicted octanol–water partition coefficient (Wildman–Crippen LogP) is 3.47. The van der Waals surface area contributed by atoms with Crippen molar-refractivity contribution < 1.29 is 27.9 Å². The summed E-state index contributed by atoms with van der Waals surface area (Å²) in [5, 5.41) is 11.9. The lowest BCUT2D eigenvalue weighted by atomic mass is 9.94. The Labute approximate surface area is 131 Å². The third-order valence-corrected chi connectivity index (χ3v) is 4.10. The Bertz CT molecular complexity index is 586. The second-order valence-electron chi connectivity index (χ2n) is 5.74. The van der Waals surface area contributed by atoms with Crippen molar-refractivity contribution in [2.24, 2.45) is 5.92 Å². The van der Waals surface area contributed by atoms with E-state index in [4.69, 9.17) is 0 Å². The quantitative estimate of drug-likeness (QED) is 0.835. The number of rotatable bonds is 3. The number of aliphatic carboxylic acids is 1. The molecule has 0 spiro atoms. The number of nitrogens with one attached hydrogen (secondary N) is 1. The highest BCUT2D eigenvalue weighted by atomic mass is 19.4. The van der Waals surface area contributed by atoms with Crippen LogP contribution in [0.1, 0.15) is 48.0 Å². The van der Waals surface area contributed by atoms with Crippen molar-refractivity contribution in [3.8, 4) is 0 Å². The summed E-state index contributed by atoms with van der Waals surface area (Å²) >= 11 is 0. The fourth-order valence-corrected chi connectivity index (χ4v) is 2.86. The Morgan fingerprint density at radius 3 is 2.48 bits per heavy atom. The first kappa shape index (κ1) is 17.3. The van der Waals surface area contributed by atoms with Crippen LogP contribution in [-0.4, -0.2) is 23.0 Å². The zero-order valence-electron chi connectivity index (χ0n) is 12.4. The highest BCUT2D eigenvalue weighted by Crippen LogP contribution is 2.30. The van der Waals surface area contributed by atoms with Gasteiger partial charge >= 0.3 is 12.1 Å². The molecule has 1 fully saturated rings. The van der Waals surface area contributed by atoms with Crippen molar-refractivity contribution in [3.63, 3.8) is 0 Å². The molecule has 1 saturated carbocycles. The van der Waals surface area contributed by atoms with E-state index >= 15 is 0 Å². The minimum atomic E-state index is -4.53. The smallest absolute Gasteiger partial charge is 0.416 e. The van der Waals surface area contributed by atoms with Gasteiger partial charge in [-0.2, -0.15) is 13.2 Å². The van der Waals surface area contributed by atoms with Gasteiger partial charge in [-0.15, -0.1) is 0 Å². The number of carbonyl (C=O) groups excluding carboxylic acids is 1. The Morgan fingerprint density at radius 2 is 1.83 bits per heavy atom. The van der Waals surface area contributed by atoms with Crippen molar-refractivity contribution in [2.75, 3.05) is 0 Å². The Kier molecular flexibility index (Phi) is 5.28. The van der Waals surface area contributed by atoms with Crippen LogP contribution < -0.4 is 5.32 Å². The van der Waals surface area contributed by atoms with E-state index in [9.17, 15) is 27.9 Å². The molecule has 126 valence electrons. The molecule has 0 radical (unpaired) electrons. The molecule has 0 bridgehead atoms. The predicted molar refractivity (Wildman–Crippen MR) is 76.9 cm³/mol. The van der Waals surface area contributed by atoms with Crippen LogP contribution >= 0.6 is 0 Å². The summed E-state index contributed by atoms with van der Waals surface area (Å²) < 4.78 is 38.1. The zero-order chi connectivity index (χ0) is 17.0. The summed E-state index contributed by atoms with van der Waals surface area (Å²) in [6.07, 6.45) is -1.10. The lowest BCUT2D eigenvalue weighted by Crippen LogP contribution is -2.42. The van der Waals surface area contributed by atoms with E-state index in [0.29, 0.717) is 12.8 Å². The van der Waals surface area contributed by atoms with Gasteiger partial charge in [0.25, 0.3) is 5.91 Å². The van der Waals surface area contributed by atoms with Gasteiger partial charge < -0.3 is 10.4 Å². The summed E-state index contributed by atoms with van der Waals surface area (Å²) in [6.45, 7) is 0. The number of carbonyl (C=O) groups is 2. The number of halogens is 3. The van der Waals surface area contributed by atoms with Gasteiger partial charge in [0.2, 0.25) is 0 Å². The molecule has 23 heavy (non-hydrogen) atoms. The maximum absolute atomic E-state index is 12.7. The van der Waals surface area contributed by atoms with Crippen LogP contribution in [0.15, 0.2) is 24.3 Å². The molecule has 0 saturated heterocycles. The summed E-state index contributed by atoms with van der Waals surface area (Å²) in [7, 11) is 0. The number of amides is 1. The summed E-state index contributed by atoms with van der Waals surface area (Å²) in [5.41, 5.74) is -1.02. The van der Waals surface area contributed by atoms with Gasteiger partial charge in [-0.25, -0.2) is 0 Å². The molecule has 2 N–H and O–H groups in total. The van der Waals surface area contributed by atoms with E-state index in [1.54, 1.807) is 0 Å². The molecule has 7 heteroatoms. The number of carboxylic acid groups (broad SMARTS) is 1. The van der Waals surface area contributed by atoms with Gasteiger partial charge in [-0.1, -0.05) is 25.3 Å². The first-order chi connectivity index (χ1) is 10.8. The first-order valence-corrected chi connectivity index (χ1v) is 7.50. The van der Waals surface area contributed by atoms with Crippen LogP contribution in [0.4, 0.5) is 13.2 Å². The molecule has 2 rings (SSSR count). The van der Waals surface area contributed by atoms with Gasteiger partial charge in [0.15, 0.2) is 0 Å². The van der Waals surface area contributed by atoms with E-state index in [0.717, 1.165) is 31.4 Å². The topological polar surface area (TPSA) is 66.4 Å². The molecule has 4 nitrogen and oxygen atoms in total. The number of hydrogen-bond donors (Lipinski definition) is 2. The molecule has 2 atom stereocenters. The summed E-state index contributed by atoms with van der Waals surface area (Å²) in [6, 6.07) is 3.57. The lowest BCUT2D eigenvalue weighted by Gasteiger charge is -2.23. The maximum Gasteiger partial charge on any atom is 0.416 e. The van der Waals surface area contributed by atoms with Crippen molar-refractivity contribution in [1.82, 2.24) is 5.32 Å². The summed E-state index contributed by atoms with van der Waals surface area (Å²) in [5.74, 6) is -2.36. The molecular formula is C16H18F3NO3. The van der Waals surface area contributed by atoms with Gasteiger partial charge in [-0.3, -0.25) is 9.59 Å². The van der Waals surface area contributed by atoms with Crippen LogP contribution in [0.5, 0.6) is 0 Å². The van der Waals surface area contributed by atoms with Crippen molar-refractivity contribution >= 4 is 11.9 Å². The standard InChI is InChI=1S/C16H18F3NO3/c17-16(18,19)11-6-4-5-10(9-11)14(21)20-13-8-3-1-2-7-12(13)15(22)23/h4-6,9,12-13H,1-3,7-8H2,(H,20,21)(H,22,23)/t12-,13+/m1/s1. The highest BCUT2D eigenvalue weighted by molar-refractivity contribution is 5.94. The maximum atomic E-state index is 12.7. The van der Waals surface area contributed by atoms with Crippen molar-refractivity contribution in [2.45, 2.75) is 44.3 Å². The highest BCUT2D eigenvalue weighted by Gasteiger charge is 2.33. The fraction of sp³-hybridized carbons (Fsp3) is 0.500. The Balaban J connectivity index is 2.15. The Hall–Kier alpha value is -2.05. The van der Waals surface area contributed by atoms with E-state index in [-0.39, 0.29) is 5.56 Å². The zero-order valence-corrected chi connectivity index (χ0v) is 12.4. The number of benzene rings is 1. The molecule has 0 heterocycles. The fourth-order valence-electron chi connectivity index (χ4n) is 2.86. The van der Waals surface area contributed by atoms with Gasteiger partial charge in [0.05, 0.1) is 11.5 Å². The largest absolute Gasteiger partial charge is 0.481 e. The van der Waals surface area contributed by atoms with E-state index < -0.39 is 35.6 Å². The van der Waals surface area contributed by atoms with Crippen LogP contribution in [0.25, 0.3) is 0 Å². The SMILES string of the molecule is O=C(N[C@H]1CCCCC[C@H]1C(=O)O)c1cccc(C(F)(F)F)c1. The van der Waals surface area contributed by atoms with Crippen molar-refractivity contribution in [3.05, 3.63) is 35.4 Å². The average molecular weight is 329 g/mol. The van der Waals surface area contributed by atoms with Gasteiger partial charge in [0.1, 0.15) is 0 Å². The Morgan fingerprint density at radius 1 is 1.13 bits per heavy atom. The lowest BCUT2D eigenvalue weighted by molar-refractivity contribution is -0.143. The van der Waals surface area contributed by atoms with Crippen LogP contribution in [0.3, 0.4) is 0 Å². The minimum absolute atomic E-state index is 0.117. The molecule has 1 aromatic rings. The van der Waals surface area contributed by atoms with Crippen LogP contribution in [0.2, 0.25) is 0 Å². The molecule has 0 aromatic heterocycles. The average Bonchev–Trinajstić information content (AvgIpc) is 2.72. The van der Waals surface area contributed by atoms with E-state index in [2.05, 4.69) is 5.32 Å². The third kappa shape index (κ3) is 4.46. The molecule has 1 aromatic carbocycles. The van der Waals surface area contributed by atoms with Crippen molar-refractivity contribution in [1.29, 1.82) is 0 Å². The normalized spacial score (nSPS) is 22.2. The number of carboxylic acids is 1. The second kappa shape index (κ2) is 7.02. The first-order valence-electron chi connectivity index (χ1n) is 7.50. The molecule has 1 amide bonds. The molecule has 1 aliphatic carbocycles. The van der Waals surface area contributed by atoms with E-state index in [1.165, 1.54) is 12.1 Å². The number of hydrogen-bond acceptors (Lipinski definition) is 2. The minimum Gasteiger partial charge on any atom is -0.481 e. The second-order valence-corrected chi connectivity index (χ2v) is 5.74. The van der Waals surface area contributed by atoms with Crippen LogP contribution in [0, 0.1) is 5.92 Å². The molecule has 1 aliphatic rings. The molecule has 0 unspecified atom stereocenters. The van der Waals surface area contributed by atoms with Gasteiger partial charge in [0, 0.05) is 11.6 Å². The molecular weight excluding hydrogens is 311 g/mol. The summed E-state index contributed by atoms with van der Waals surface area (Å²) in [4.78, 5) is 23.5. The van der Waals surface area contributed by atoms with E-state index in [1.807, 2.05) is 0 Å².